The van der Waals surface area contributed by atoms with Crippen LogP contribution in [-0.4, -0.2) is 4.98 Å². The van der Waals surface area contributed by atoms with E-state index in [2.05, 4.69) is 32.0 Å². The van der Waals surface area contributed by atoms with E-state index in [1.807, 2.05) is 0 Å². The molecule has 0 atom stereocenters. The molecule has 1 heteroatoms. The maximum atomic E-state index is 3.28. The van der Waals surface area contributed by atoms with E-state index in [4.69, 9.17) is 0 Å². The summed E-state index contributed by atoms with van der Waals surface area (Å²) in [5.74, 6) is 0. The lowest BCUT2D eigenvalue weighted by molar-refractivity contribution is 0.782. The first-order valence-corrected chi connectivity index (χ1v) is 4.28. The van der Waals surface area contributed by atoms with Gasteiger partial charge in [-0.1, -0.05) is 6.92 Å². The molecule has 0 aliphatic heterocycles. The van der Waals surface area contributed by atoms with Gasteiger partial charge in [0.1, 0.15) is 0 Å². The molecule has 0 radical (unpaired) electrons. The zero-order valence-electron chi connectivity index (χ0n) is 7.49. The molecule has 0 bridgehead atoms. The van der Waals surface area contributed by atoms with E-state index in [0.29, 0.717) is 5.41 Å². The van der Waals surface area contributed by atoms with Gasteiger partial charge in [0.15, 0.2) is 0 Å². The van der Waals surface area contributed by atoms with Crippen LogP contribution in [0.2, 0.25) is 0 Å². The van der Waals surface area contributed by atoms with Gasteiger partial charge in [-0.2, -0.15) is 0 Å². The molecule has 11 heavy (non-hydrogen) atoms. The number of aromatic nitrogens is 1. The Kier molecular flexibility index (Phi) is 1.20. The van der Waals surface area contributed by atoms with Crippen molar-refractivity contribution < 1.29 is 0 Å². The lowest BCUT2D eigenvalue weighted by atomic mass is 9.97. The molecule has 1 nitrogen and oxygen atoms in total. The molecular weight excluding hydrogens is 134 g/mol. The van der Waals surface area contributed by atoms with E-state index in [0.717, 1.165) is 0 Å². The molecule has 2 rings (SSSR count). The molecule has 1 aliphatic rings. The van der Waals surface area contributed by atoms with Crippen LogP contribution in [0.25, 0.3) is 0 Å². The Labute approximate surface area is 67.8 Å². The van der Waals surface area contributed by atoms with Gasteiger partial charge in [-0.3, -0.25) is 0 Å². The SMILES string of the molecule is Cc1[nH]cc(C2(C)CC2)c1C. The highest BCUT2D eigenvalue weighted by molar-refractivity contribution is 5.38. The fourth-order valence-corrected chi connectivity index (χ4v) is 1.68. The zero-order chi connectivity index (χ0) is 8.06. The average Bonchev–Trinajstić information content (AvgIpc) is 2.60. The van der Waals surface area contributed by atoms with Crippen LogP contribution in [0.3, 0.4) is 0 Å². The van der Waals surface area contributed by atoms with Crippen molar-refractivity contribution in [3.8, 4) is 0 Å². The summed E-state index contributed by atoms with van der Waals surface area (Å²) in [5.41, 5.74) is 4.85. The topological polar surface area (TPSA) is 15.8 Å². The van der Waals surface area contributed by atoms with Crippen molar-refractivity contribution in [1.29, 1.82) is 0 Å². The second kappa shape index (κ2) is 1.90. The molecule has 0 aromatic carbocycles. The summed E-state index contributed by atoms with van der Waals surface area (Å²) >= 11 is 0. The van der Waals surface area contributed by atoms with Gasteiger partial charge in [0, 0.05) is 11.9 Å². The monoisotopic (exact) mass is 149 g/mol. The number of rotatable bonds is 1. The van der Waals surface area contributed by atoms with Crippen molar-refractivity contribution in [3.63, 3.8) is 0 Å². The molecule has 60 valence electrons. The zero-order valence-corrected chi connectivity index (χ0v) is 7.49. The van der Waals surface area contributed by atoms with Crippen LogP contribution in [0.1, 0.15) is 36.6 Å². The Morgan fingerprint density at radius 2 is 2.00 bits per heavy atom. The van der Waals surface area contributed by atoms with Crippen molar-refractivity contribution in [2.45, 2.75) is 39.0 Å². The highest BCUT2D eigenvalue weighted by Gasteiger charge is 2.40. The van der Waals surface area contributed by atoms with E-state index < -0.39 is 0 Å². The number of aryl methyl sites for hydroxylation is 1. The summed E-state index contributed by atoms with van der Waals surface area (Å²) in [6.45, 7) is 6.71. The Hall–Kier alpha value is -0.720. The Bertz CT molecular complexity index is 279. The van der Waals surface area contributed by atoms with Crippen molar-refractivity contribution in [2.24, 2.45) is 0 Å². The number of H-pyrrole nitrogens is 1. The Morgan fingerprint density at radius 3 is 2.36 bits per heavy atom. The summed E-state index contributed by atoms with van der Waals surface area (Å²) in [4.78, 5) is 3.28. The van der Waals surface area contributed by atoms with Crippen LogP contribution < -0.4 is 0 Å². The van der Waals surface area contributed by atoms with E-state index in [1.165, 1.54) is 29.7 Å². The molecule has 0 spiro atoms. The van der Waals surface area contributed by atoms with Crippen molar-refractivity contribution in [1.82, 2.24) is 4.98 Å². The fourth-order valence-electron chi connectivity index (χ4n) is 1.68. The lowest BCUT2D eigenvalue weighted by Gasteiger charge is -2.06. The summed E-state index contributed by atoms with van der Waals surface area (Å²) in [6, 6.07) is 0. The van der Waals surface area contributed by atoms with Gasteiger partial charge in [-0.05, 0) is 43.2 Å². The van der Waals surface area contributed by atoms with E-state index in [-0.39, 0.29) is 0 Å². The molecule has 1 aromatic heterocycles. The van der Waals surface area contributed by atoms with Crippen LogP contribution in [0.5, 0.6) is 0 Å². The third-order valence-corrected chi connectivity index (χ3v) is 3.05. The summed E-state index contributed by atoms with van der Waals surface area (Å²) in [6.07, 6.45) is 4.91. The number of nitrogens with one attached hydrogen (secondary N) is 1. The van der Waals surface area contributed by atoms with E-state index in [1.54, 1.807) is 0 Å². The molecular formula is C10H15N. The molecule has 1 aromatic rings. The van der Waals surface area contributed by atoms with Gasteiger partial charge in [0.2, 0.25) is 0 Å². The van der Waals surface area contributed by atoms with Gasteiger partial charge < -0.3 is 4.98 Å². The van der Waals surface area contributed by atoms with Crippen LogP contribution in [0.4, 0.5) is 0 Å². The first-order valence-electron chi connectivity index (χ1n) is 4.28. The van der Waals surface area contributed by atoms with Gasteiger partial charge >= 0.3 is 0 Å². The molecule has 1 saturated carbocycles. The predicted octanol–water partition coefficient (Wildman–Crippen LogP) is 2.68. The summed E-state index contributed by atoms with van der Waals surface area (Å²) < 4.78 is 0. The van der Waals surface area contributed by atoms with Crippen molar-refractivity contribution in [2.75, 3.05) is 0 Å². The standard InChI is InChI=1S/C10H15N/c1-7-8(2)11-6-9(7)10(3)4-5-10/h6,11H,4-5H2,1-3H3. The van der Waals surface area contributed by atoms with Crippen LogP contribution in [0.15, 0.2) is 6.20 Å². The van der Waals surface area contributed by atoms with Crippen molar-refractivity contribution in [3.05, 3.63) is 23.0 Å². The normalized spacial score (nSPS) is 20.3. The first-order chi connectivity index (χ1) is 5.13. The average molecular weight is 149 g/mol. The minimum absolute atomic E-state index is 0.523. The second-order valence-electron chi connectivity index (χ2n) is 4.01. The fraction of sp³-hybridized carbons (Fsp3) is 0.600. The van der Waals surface area contributed by atoms with Gasteiger partial charge in [0.05, 0.1) is 0 Å². The maximum Gasteiger partial charge on any atom is 0.0148 e. The van der Waals surface area contributed by atoms with Crippen LogP contribution >= 0.6 is 0 Å². The van der Waals surface area contributed by atoms with Gasteiger partial charge in [0.25, 0.3) is 0 Å². The van der Waals surface area contributed by atoms with Crippen LogP contribution in [0, 0.1) is 13.8 Å². The second-order valence-corrected chi connectivity index (χ2v) is 4.01. The molecule has 1 heterocycles. The van der Waals surface area contributed by atoms with Gasteiger partial charge in [-0.15, -0.1) is 0 Å². The summed E-state index contributed by atoms with van der Waals surface area (Å²) in [7, 11) is 0. The third kappa shape index (κ3) is 0.907. The first kappa shape index (κ1) is 6.96. The maximum absolute atomic E-state index is 3.28. The molecule has 0 amide bonds. The van der Waals surface area contributed by atoms with E-state index >= 15 is 0 Å². The summed E-state index contributed by atoms with van der Waals surface area (Å²) in [5, 5.41) is 0. The molecule has 1 N–H and O–H groups in total. The molecule has 1 fully saturated rings. The molecule has 0 unspecified atom stereocenters. The third-order valence-electron chi connectivity index (χ3n) is 3.05. The number of hydrogen-bond donors (Lipinski definition) is 1. The smallest absolute Gasteiger partial charge is 0.0148 e. The molecule has 0 saturated heterocycles. The lowest BCUT2D eigenvalue weighted by Crippen LogP contribution is -1.99. The predicted molar refractivity (Wildman–Crippen MR) is 46.9 cm³/mol. The Balaban J connectivity index is 2.45. The number of hydrogen-bond acceptors (Lipinski definition) is 0. The van der Waals surface area contributed by atoms with Crippen LogP contribution in [-0.2, 0) is 5.41 Å². The number of aromatic amines is 1. The minimum atomic E-state index is 0.523. The van der Waals surface area contributed by atoms with E-state index in [9.17, 15) is 0 Å². The highest BCUT2D eigenvalue weighted by atomic mass is 14.7. The van der Waals surface area contributed by atoms with Crippen molar-refractivity contribution >= 4 is 0 Å². The van der Waals surface area contributed by atoms with Gasteiger partial charge in [-0.25, -0.2) is 0 Å². The largest absolute Gasteiger partial charge is 0.365 e. The minimum Gasteiger partial charge on any atom is -0.365 e. The quantitative estimate of drug-likeness (QED) is 0.632. The highest BCUT2D eigenvalue weighted by Crippen LogP contribution is 2.48. The Morgan fingerprint density at radius 1 is 1.36 bits per heavy atom. The molecule has 1 aliphatic carbocycles.